The Hall–Kier alpha value is -3.35. The number of benzene rings is 2. The fourth-order valence-electron chi connectivity index (χ4n) is 3.44. The summed E-state index contributed by atoms with van der Waals surface area (Å²) in [5.41, 5.74) is 0.279. The van der Waals surface area contributed by atoms with Gasteiger partial charge in [-0.1, -0.05) is 26.0 Å². The molecule has 0 radical (unpaired) electrons. The highest BCUT2D eigenvalue weighted by atomic mass is 16.5. The van der Waals surface area contributed by atoms with Crippen molar-refractivity contribution in [3.63, 3.8) is 0 Å². The minimum absolute atomic E-state index is 0.305. The molecule has 3 aromatic rings. The second-order valence-corrected chi connectivity index (χ2v) is 6.77. The second-order valence-electron chi connectivity index (χ2n) is 6.77. The molecule has 0 saturated heterocycles. The van der Waals surface area contributed by atoms with E-state index in [4.69, 9.17) is 4.74 Å². The molecular weight excluding hydrogens is 370 g/mol. The van der Waals surface area contributed by atoms with Crippen LogP contribution in [0, 0.1) is 0 Å². The zero-order valence-corrected chi connectivity index (χ0v) is 16.8. The van der Waals surface area contributed by atoms with Crippen molar-refractivity contribution in [3.8, 4) is 5.75 Å². The zero-order chi connectivity index (χ0) is 21.0. The minimum Gasteiger partial charge on any atom is -0.497 e. The van der Waals surface area contributed by atoms with E-state index in [-0.39, 0.29) is 11.5 Å². The highest BCUT2D eigenvalue weighted by molar-refractivity contribution is 5.94. The molecule has 0 aliphatic rings. The van der Waals surface area contributed by atoms with Crippen molar-refractivity contribution in [2.45, 2.75) is 39.3 Å². The van der Waals surface area contributed by atoms with Crippen LogP contribution in [0.5, 0.6) is 5.75 Å². The Morgan fingerprint density at radius 2 is 1.76 bits per heavy atom. The molecule has 0 spiro atoms. The summed E-state index contributed by atoms with van der Waals surface area (Å²) in [5.74, 6) is 0.371. The molecule has 0 bridgehead atoms. The summed E-state index contributed by atoms with van der Waals surface area (Å²) in [4.78, 5) is 39.0. The fourth-order valence-corrected chi connectivity index (χ4v) is 3.44. The van der Waals surface area contributed by atoms with Crippen LogP contribution in [-0.4, -0.2) is 22.2 Å². The average Bonchev–Trinajstić information content (AvgIpc) is 2.74. The summed E-state index contributed by atoms with van der Waals surface area (Å²) >= 11 is 0. The third-order valence-electron chi connectivity index (χ3n) is 4.88. The van der Waals surface area contributed by atoms with Crippen molar-refractivity contribution in [2.24, 2.45) is 0 Å². The first-order valence-electron chi connectivity index (χ1n) is 9.70. The maximum Gasteiger partial charge on any atom is 0.332 e. The van der Waals surface area contributed by atoms with Crippen LogP contribution in [0.15, 0.2) is 58.1 Å². The maximum atomic E-state index is 13.2. The molecule has 1 heterocycles. The average molecular weight is 395 g/mol. The van der Waals surface area contributed by atoms with Crippen molar-refractivity contribution in [2.75, 3.05) is 12.4 Å². The minimum atomic E-state index is -0.752. The van der Waals surface area contributed by atoms with E-state index in [0.29, 0.717) is 41.7 Å². The molecule has 1 aromatic heterocycles. The molecule has 0 aliphatic heterocycles. The maximum absolute atomic E-state index is 13.2. The number of hydrogen-bond acceptors (Lipinski definition) is 4. The lowest BCUT2D eigenvalue weighted by molar-refractivity contribution is -0.119. The molecule has 1 N–H and O–H groups in total. The van der Waals surface area contributed by atoms with Crippen LogP contribution in [0.3, 0.4) is 0 Å². The molecule has 7 heteroatoms. The number of nitrogens with zero attached hydrogens (tertiary/aromatic N) is 2. The molecule has 1 atom stereocenters. The van der Waals surface area contributed by atoms with Gasteiger partial charge in [0.05, 0.1) is 18.0 Å². The van der Waals surface area contributed by atoms with Crippen LogP contribution in [0.4, 0.5) is 5.69 Å². The van der Waals surface area contributed by atoms with Crippen molar-refractivity contribution in [1.29, 1.82) is 0 Å². The van der Waals surface area contributed by atoms with E-state index >= 15 is 0 Å². The van der Waals surface area contributed by atoms with E-state index in [9.17, 15) is 14.4 Å². The number of carbonyl (C=O) groups excluding carboxylic acids is 1. The summed E-state index contributed by atoms with van der Waals surface area (Å²) in [6.07, 6.45) is 1.04. The number of amides is 1. The summed E-state index contributed by atoms with van der Waals surface area (Å²) < 4.78 is 7.78. The molecule has 0 aliphatic carbocycles. The molecule has 1 amide bonds. The normalized spacial score (nSPS) is 12.0. The van der Waals surface area contributed by atoms with Gasteiger partial charge in [0.25, 0.3) is 5.56 Å². The lowest BCUT2D eigenvalue weighted by Gasteiger charge is -2.21. The van der Waals surface area contributed by atoms with E-state index in [1.165, 1.54) is 9.13 Å². The Balaban J connectivity index is 2.09. The van der Waals surface area contributed by atoms with Crippen molar-refractivity contribution in [3.05, 3.63) is 69.4 Å². The number of nitrogens with one attached hydrogen (secondary N) is 1. The first kappa shape index (κ1) is 20.4. The summed E-state index contributed by atoms with van der Waals surface area (Å²) in [7, 11) is 1.57. The predicted octanol–water partition coefficient (Wildman–Crippen LogP) is 3.17. The van der Waals surface area contributed by atoms with Gasteiger partial charge in [0.2, 0.25) is 5.91 Å². The van der Waals surface area contributed by atoms with Gasteiger partial charge in [-0.05, 0) is 49.2 Å². The highest BCUT2D eigenvalue weighted by Crippen LogP contribution is 2.20. The van der Waals surface area contributed by atoms with Gasteiger partial charge in [0.15, 0.2) is 0 Å². The van der Waals surface area contributed by atoms with E-state index in [0.717, 1.165) is 0 Å². The summed E-state index contributed by atoms with van der Waals surface area (Å²) in [6, 6.07) is 13.1. The predicted molar refractivity (Wildman–Crippen MR) is 114 cm³/mol. The number of carbonyl (C=O) groups is 1. The van der Waals surface area contributed by atoms with Crippen LogP contribution >= 0.6 is 0 Å². The molecule has 0 saturated carbocycles. The van der Waals surface area contributed by atoms with Gasteiger partial charge < -0.3 is 10.1 Å². The quantitative estimate of drug-likeness (QED) is 0.666. The van der Waals surface area contributed by atoms with E-state index in [2.05, 4.69) is 5.32 Å². The van der Waals surface area contributed by atoms with Crippen LogP contribution in [0.25, 0.3) is 10.9 Å². The molecular formula is C22H25N3O4. The lowest BCUT2D eigenvalue weighted by atomic mass is 10.1. The topological polar surface area (TPSA) is 82.3 Å². The third kappa shape index (κ3) is 3.94. The number of ether oxygens (including phenoxy) is 1. The van der Waals surface area contributed by atoms with Gasteiger partial charge in [-0.25, -0.2) is 4.79 Å². The van der Waals surface area contributed by atoms with Crippen LogP contribution in [-0.2, 0) is 11.3 Å². The number of fused-ring (bicyclic) bond motifs is 1. The number of aromatic nitrogens is 2. The number of para-hydroxylation sites is 1. The van der Waals surface area contributed by atoms with Crippen molar-refractivity contribution in [1.82, 2.24) is 9.13 Å². The Morgan fingerprint density at radius 3 is 2.38 bits per heavy atom. The molecule has 1 unspecified atom stereocenters. The van der Waals surface area contributed by atoms with Gasteiger partial charge in [-0.15, -0.1) is 0 Å². The fraction of sp³-hybridized carbons (Fsp3) is 0.318. The van der Waals surface area contributed by atoms with Crippen LogP contribution in [0.2, 0.25) is 0 Å². The summed E-state index contributed by atoms with van der Waals surface area (Å²) in [6.45, 7) is 4.05. The molecule has 2 aromatic carbocycles. The lowest BCUT2D eigenvalue weighted by Crippen LogP contribution is -2.43. The van der Waals surface area contributed by atoms with Gasteiger partial charge in [-0.2, -0.15) is 0 Å². The Bertz CT molecular complexity index is 1130. The molecule has 152 valence electrons. The van der Waals surface area contributed by atoms with Crippen molar-refractivity contribution < 1.29 is 9.53 Å². The zero-order valence-electron chi connectivity index (χ0n) is 16.8. The van der Waals surface area contributed by atoms with Crippen LogP contribution < -0.4 is 21.3 Å². The van der Waals surface area contributed by atoms with E-state index < -0.39 is 11.7 Å². The molecule has 0 fully saturated rings. The first-order valence-corrected chi connectivity index (χ1v) is 9.70. The summed E-state index contributed by atoms with van der Waals surface area (Å²) in [5, 5.41) is 3.29. The van der Waals surface area contributed by atoms with Gasteiger partial charge in [-0.3, -0.25) is 18.7 Å². The molecule has 29 heavy (non-hydrogen) atoms. The molecule has 3 rings (SSSR count). The van der Waals surface area contributed by atoms with E-state index in [1.54, 1.807) is 55.6 Å². The Kier molecular flexibility index (Phi) is 6.16. The van der Waals surface area contributed by atoms with E-state index in [1.807, 2.05) is 13.8 Å². The van der Waals surface area contributed by atoms with Gasteiger partial charge in [0.1, 0.15) is 11.8 Å². The molecule has 7 nitrogen and oxygen atoms in total. The third-order valence-corrected chi connectivity index (χ3v) is 4.88. The largest absolute Gasteiger partial charge is 0.497 e. The second kappa shape index (κ2) is 8.77. The van der Waals surface area contributed by atoms with Gasteiger partial charge >= 0.3 is 5.69 Å². The van der Waals surface area contributed by atoms with Crippen molar-refractivity contribution >= 4 is 22.5 Å². The smallest absolute Gasteiger partial charge is 0.332 e. The van der Waals surface area contributed by atoms with Crippen LogP contribution in [0.1, 0.15) is 32.7 Å². The first-order chi connectivity index (χ1) is 14.0. The van der Waals surface area contributed by atoms with Gasteiger partial charge in [0, 0.05) is 12.2 Å². The Labute approximate surface area is 168 Å². The SMILES string of the molecule is CCCn1c(=O)c2ccccc2n(C(CC)C(=O)Nc2ccc(OC)cc2)c1=O. The Morgan fingerprint density at radius 1 is 1.07 bits per heavy atom. The standard InChI is InChI=1S/C22H25N3O4/c1-4-14-24-21(27)17-8-6-7-9-19(17)25(22(24)28)18(5-2)20(26)23-15-10-12-16(29-3)13-11-15/h6-13,18H,4-5,14H2,1-3H3,(H,23,26). The number of hydrogen-bond donors (Lipinski definition) is 1. The highest BCUT2D eigenvalue weighted by Gasteiger charge is 2.24. The number of rotatable bonds is 7. The monoisotopic (exact) mass is 395 g/mol. The number of methoxy groups -OCH3 is 1. The number of anilines is 1.